The van der Waals surface area contributed by atoms with Crippen LogP contribution in [0, 0.1) is 11.8 Å². The molecular formula is C16H25N3O. The molecule has 4 heteroatoms. The lowest BCUT2D eigenvalue weighted by Gasteiger charge is -2.28. The van der Waals surface area contributed by atoms with Crippen LogP contribution in [0.15, 0.2) is 18.2 Å². The summed E-state index contributed by atoms with van der Waals surface area (Å²) < 4.78 is 0. The van der Waals surface area contributed by atoms with Gasteiger partial charge in [0.25, 0.3) is 5.91 Å². The van der Waals surface area contributed by atoms with Crippen molar-refractivity contribution < 1.29 is 4.79 Å². The van der Waals surface area contributed by atoms with E-state index in [-0.39, 0.29) is 0 Å². The molecule has 110 valence electrons. The summed E-state index contributed by atoms with van der Waals surface area (Å²) in [5.74, 6) is 1.13. The molecule has 0 aromatic heterocycles. The summed E-state index contributed by atoms with van der Waals surface area (Å²) in [6.07, 6.45) is 6.43. The summed E-state index contributed by atoms with van der Waals surface area (Å²) >= 11 is 0. The lowest BCUT2D eigenvalue weighted by Crippen LogP contribution is -2.23. The van der Waals surface area contributed by atoms with E-state index in [9.17, 15) is 4.79 Å². The normalized spacial score (nSPS) is 22.4. The van der Waals surface area contributed by atoms with Crippen molar-refractivity contribution >= 4 is 17.3 Å². The van der Waals surface area contributed by atoms with Crippen LogP contribution in [0.4, 0.5) is 11.4 Å². The van der Waals surface area contributed by atoms with Gasteiger partial charge in [-0.3, -0.25) is 4.79 Å². The van der Waals surface area contributed by atoms with E-state index < -0.39 is 5.91 Å². The van der Waals surface area contributed by atoms with Crippen molar-refractivity contribution in [3.63, 3.8) is 0 Å². The van der Waals surface area contributed by atoms with Crippen LogP contribution in [0.5, 0.6) is 0 Å². The largest absolute Gasteiger partial charge is 0.397 e. The topological polar surface area (TPSA) is 81.1 Å². The van der Waals surface area contributed by atoms with E-state index in [1.807, 2.05) is 0 Å². The zero-order valence-corrected chi connectivity index (χ0v) is 12.2. The number of nitrogen functional groups attached to an aromatic ring is 1. The van der Waals surface area contributed by atoms with Crippen LogP contribution in [-0.2, 0) is 0 Å². The van der Waals surface area contributed by atoms with Crippen LogP contribution in [0.3, 0.4) is 0 Å². The average molecular weight is 275 g/mol. The molecule has 1 aromatic rings. The molecule has 0 bridgehead atoms. The second-order valence-corrected chi connectivity index (χ2v) is 5.81. The lowest BCUT2D eigenvalue weighted by molar-refractivity contribution is 0.100. The van der Waals surface area contributed by atoms with E-state index in [1.54, 1.807) is 18.2 Å². The molecule has 20 heavy (non-hydrogen) atoms. The molecule has 2 rings (SSSR count). The Morgan fingerprint density at radius 1 is 1.25 bits per heavy atom. The zero-order chi connectivity index (χ0) is 14.5. The second-order valence-electron chi connectivity index (χ2n) is 5.81. The summed E-state index contributed by atoms with van der Waals surface area (Å²) in [5.41, 5.74) is 13.1. The highest BCUT2D eigenvalue weighted by atomic mass is 16.1. The molecule has 0 heterocycles. The average Bonchev–Trinajstić information content (AvgIpc) is 2.46. The number of hydrogen-bond acceptors (Lipinski definition) is 3. The first-order valence-corrected chi connectivity index (χ1v) is 7.54. The Hall–Kier alpha value is -1.71. The highest BCUT2D eigenvalue weighted by molar-refractivity contribution is 6.01. The quantitative estimate of drug-likeness (QED) is 0.722. The van der Waals surface area contributed by atoms with Crippen molar-refractivity contribution in [2.45, 2.75) is 39.0 Å². The summed E-state index contributed by atoms with van der Waals surface area (Å²) in [6, 6.07) is 5.27. The fraction of sp³-hybridized carbons (Fsp3) is 0.562. The third-order valence-electron chi connectivity index (χ3n) is 4.47. The van der Waals surface area contributed by atoms with Gasteiger partial charge < -0.3 is 16.8 Å². The van der Waals surface area contributed by atoms with Gasteiger partial charge in [-0.2, -0.15) is 0 Å². The Labute approximate surface area is 120 Å². The molecule has 0 spiro atoms. The van der Waals surface area contributed by atoms with Crippen molar-refractivity contribution in [3.8, 4) is 0 Å². The van der Waals surface area contributed by atoms with E-state index in [0.29, 0.717) is 22.9 Å². The number of nitrogens with one attached hydrogen (secondary N) is 1. The Morgan fingerprint density at radius 2 is 1.90 bits per heavy atom. The molecule has 0 saturated heterocycles. The Kier molecular flexibility index (Phi) is 4.88. The first kappa shape index (κ1) is 14.7. The first-order chi connectivity index (χ1) is 9.61. The van der Waals surface area contributed by atoms with Crippen LogP contribution in [0.25, 0.3) is 0 Å². The molecule has 1 saturated carbocycles. The van der Waals surface area contributed by atoms with Gasteiger partial charge in [-0.15, -0.1) is 0 Å². The van der Waals surface area contributed by atoms with E-state index in [0.717, 1.165) is 12.5 Å². The molecule has 1 aromatic carbocycles. The monoisotopic (exact) mass is 275 g/mol. The molecule has 1 amide bonds. The molecule has 4 nitrogen and oxygen atoms in total. The molecule has 1 aliphatic carbocycles. The smallest absolute Gasteiger partial charge is 0.250 e. The van der Waals surface area contributed by atoms with Gasteiger partial charge in [-0.1, -0.05) is 32.3 Å². The maximum atomic E-state index is 11.4. The minimum absolute atomic E-state index is 0.436. The third-order valence-corrected chi connectivity index (χ3v) is 4.47. The Morgan fingerprint density at radius 3 is 2.50 bits per heavy atom. The van der Waals surface area contributed by atoms with Gasteiger partial charge in [-0.05, 0) is 36.8 Å². The van der Waals surface area contributed by atoms with Gasteiger partial charge in [0.05, 0.1) is 16.9 Å². The molecular weight excluding hydrogens is 250 g/mol. The number of anilines is 2. The van der Waals surface area contributed by atoms with Crippen molar-refractivity contribution in [1.29, 1.82) is 0 Å². The predicted molar refractivity (Wildman–Crippen MR) is 83.6 cm³/mol. The number of carbonyl (C=O) groups excluding carboxylic acids is 1. The molecule has 0 unspecified atom stereocenters. The molecule has 1 fully saturated rings. The van der Waals surface area contributed by atoms with E-state index >= 15 is 0 Å². The number of hydrogen-bond donors (Lipinski definition) is 3. The van der Waals surface area contributed by atoms with Gasteiger partial charge >= 0.3 is 0 Å². The minimum atomic E-state index is -0.436. The highest BCUT2D eigenvalue weighted by Gasteiger charge is 2.20. The molecule has 0 atom stereocenters. The maximum Gasteiger partial charge on any atom is 0.250 e. The lowest BCUT2D eigenvalue weighted by atomic mass is 9.81. The van der Waals surface area contributed by atoms with E-state index in [1.165, 1.54) is 32.1 Å². The van der Waals surface area contributed by atoms with Gasteiger partial charge in [0.1, 0.15) is 0 Å². The summed E-state index contributed by atoms with van der Waals surface area (Å²) in [7, 11) is 0. The maximum absolute atomic E-state index is 11.4. The number of benzene rings is 1. The van der Waals surface area contributed by atoms with Gasteiger partial charge in [0, 0.05) is 6.54 Å². The van der Waals surface area contributed by atoms with Crippen LogP contribution in [0.2, 0.25) is 0 Å². The molecule has 5 N–H and O–H groups in total. The fourth-order valence-electron chi connectivity index (χ4n) is 3.06. The number of rotatable bonds is 5. The van der Waals surface area contributed by atoms with Crippen molar-refractivity contribution in [2.75, 3.05) is 17.6 Å². The Bertz CT molecular complexity index is 465. The van der Waals surface area contributed by atoms with Crippen LogP contribution < -0.4 is 16.8 Å². The standard InChI is InChI=1S/C16H25N3O/c1-2-11-6-8-12(9-7-11)10-19-15-13(16(18)20)4-3-5-14(15)17/h3-5,11-12,19H,2,6-10,17H2,1H3,(H2,18,20). The second kappa shape index (κ2) is 6.64. The van der Waals surface area contributed by atoms with Crippen LogP contribution in [0.1, 0.15) is 49.4 Å². The predicted octanol–water partition coefficient (Wildman–Crippen LogP) is 3.00. The minimum Gasteiger partial charge on any atom is -0.397 e. The summed E-state index contributed by atoms with van der Waals surface area (Å²) in [4.78, 5) is 11.4. The third kappa shape index (κ3) is 3.44. The fourth-order valence-corrected chi connectivity index (χ4v) is 3.06. The molecule has 0 aliphatic heterocycles. The van der Waals surface area contributed by atoms with Gasteiger partial charge in [-0.25, -0.2) is 0 Å². The van der Waals surface area contributed by atoms with E-state index in [4.69, 9.17) is 11.5 Å². The molecule has 1 aliphatic rings. The number of nitrogens with two attached hydrogens (primary N) is 2. The molecule has 0 radical (unpaired) electrons. The number of amides is 1. The first-order valence-electron chi connectivity index (χ1n) is 7.54. The Balaban J connectivity index is 1.96. The van der Waals surface area contributed by atoms with Crippen LogP contribution in [-0.4, -0.2) is 12.5 Å². The van der Waals surface area contributed by atoms with Crippen molar-refractivity contribution in [1.82, 2.24) is 0 Å². The summed E-state index contributed by atoms with van der Waals surface area (Å²) in [6.45, 7) is 3.14. The van der Waals surface area contributed by atoms with Gasteiger partial charge in [0.2, 0.25) is 0 Å². The number of primary amides is 1. The van der Waals surface area contributed by atoms with Crippen LogP contribution >= 0.6 is 0 Å². The summed E-state index contributed by atoms with van der Waals surface area (Å²) in [5, 5.41) is 3.34. The number of para-hydroxylation sites is 1. The number of carbonyl (C=O) groups is 1. The van der Waals surface area contributed by atoms with Crippen molar-refractivity contribution in [3.05, 3.63) is 23.8 Å². The van der Waals surface area contributed by atoms with Crippen molar-refractivity contribution in [2.24, 2.45) is 17.6 Å². The zero-order valence-electron chi connectivity index (χ0n) is 12.2. The highest BCUT2D eigenvalue weighted by Crippen LogP contribution is 2.31. The SMILES string of the molecule is CCC1CCC(CNc2c(N)cccc2C(N)=O)CC1. The van der Waals surface area contributed by atoms with E-state index in [2.05, 4.69) is 12.2 Å². The van der Waals surface area contributed by atoms with Gasteiger partial charge in [0.15, 0.2) is 0 Å².